The first-order chi connectivity index (χ1) is 41.8. The molecule has 0 aliphatic heterocycles. The third-order valence-electron chi connectivity index (χ3n) is 12.1. The lowest BCUT2D eigenvalue weighted by atomic mass is 9.89. The first-order valence-corrected chi connectivity index (χ1v) is 26.0. The standard InChI is InChI=1S/C37H14F48O9S3/c38-14(39)20(50,51)26(62,63)32(74,75)35(80,81)29(68,69)23(56,57)17(44,45)6-92-95(86,87)11-5-9-3-1-2-4-10(9)12(96(88,89)93-7-18(46,47)24(58,59)30(70,71)36(82,83)33(76,77)27(64,65)21(52,53)15(40)41)13(11)97(90,91)94-8-19(48,49)25(60,61)31(72,73)37(84,85)34(78,79)28(66,67)22(54,55)16(42)43/h1-5,14-16H,6-8H2. The Morgan fingerprint density at radius 3 is 0.701 bits per heavy atom. The van der Waals surface area contributed by atoms with Crippen molar-refractivity contribution >= 4 is 41.1 Å². The Balaban J connectivity index is 3.29. The number of hydrogen-bond acceptors (Lipinski definition) is 9. The molecule has 2 rings (SSSR count). The number of fused-ring (bicyclic) bond motifs is 1. The maximum absolute atomic E-state index is 15.0. The van der Waals surface area contributed by atoms with Gasteiger partial charge in [-0.2, -0.15) is 210 Å². The van der Waals surface area contributed by atoms with Crippen LogP contribution in [0.4, 0.5) is 211 Å². The zero-order valence-corrected chi connectivity index (χ0v) is 45.2. The Kier molecular flexibility index (Phi) is 22.2. The molecule has 0 aromatic heterocycles. The number of hydrogen-bond donors (Lipinski definition) is 0. The van der Waals surface area contributed by atoms with E-state index in [0.717, 1.165) is 0 Å². The molecule has 0 aliphatic rings. The number of alkyl halides is 48. The summed E-state index contributed by atoms with van der Waals surface area (Å²) in [6, 6.07) is -2.33. The van der Waals surface area contributed by atoms with Gasteiger partial charge < -0.3 is 0 Å². The van der Waals surface area contributed by atoms with Crippen LogP contribution in [0.25, 0.3) is 10.8 Å². The maximum Gasteiger partial charge on any atom is 0.384 e. The van der Waals surface area contributed by atoms with E-state index in [1.807, 2.05) is 0 Å². The van der Waals surface area contributed by atoms with E-state index >= 15 is 8.78 Å². The van der Waals surface area contributed by atoms with E-state index in [1.165, 1.54) is 0 Å². The fourth-order valence-electron chi connectivity index (χ4n) is 6.35. The highest BCUT2D eigenvalue weighted by Gasteiger charge is 2.97. The van der Waals surface area contributed by atoms with E-state index in [1.54, 1.807) is 0 Å². The molecule has 97 heavy (non-hydrogen) atoms. The molecule has 9 nitrogen and oxygen atoms in total. The van der Waals surface area contributed by atoms with Gasteiger partial charge in [-0.25, -0.2) is 26.3 Å². The van der Waals surface area contributed by atoms with Crippen LogP contribution >= 0.6 is 0 Å². The molecule has 0 heterocycles. The van der Waals surface area contributed by atoms with Crippen LogP contribution in [0.15, 0.2) is 45.0 Å². The molecule has 0 atom stereocenters. The predicted octanol–water partition coefficient (Wildman–Crippen LogP) is 16.1. The Morgan fingerprint density at radius 1 is 0.268 bits per heavy atom. The molecule has 0 bridgehead atoms. The molecular weight excluding hydrogens is 1600 g/mol. The summed E-state index contributed by atoms with van der Waals surface area (Å²) in [6.45, 7) is -15.3. The molecule has 570 valence electrons. The second kappa shape index (κ2) is 24.4. The van der Waals surface area contributed by atoms with Gasteiger partial charge in [0, 0.05) is 5.39 Å². The van der Waals surface area contributed by atoms with Gasteiger partial charge in [0.15, 0.2) is 0 Å². The zero-order valence-electron chi connectivity index (χ0n) is 42.8. The summed E-state index contributed by atoms with van der Waals surface area (Å²) in [7, 11) is -25.6. The van der Waals surface area contributed by atoms with Crippen LogP contribution in [0.5, 0.6) is 0 Å². The maximum atomic E-state index is 15.0. The summed E-state index contributed by atoms with van der Waals surface area (Å²) in [5, 5.41) is -4.72. The summed E-state index contributed by atoms with van der Waals surface area (Å²) in [4.78, 5) is -12.3. The molecule has 0 saturated heterocycles. The van der Waals surface area contributed by atoms with Gasteiger partial charge in [-0.15, -0.1) is 0 Å². The van der Waals surface area contributed by atoms with Crippen molar-refractivity contribution in [2.45, 2.75) is 158 Å². The lowest BCUT2D eigenvalue weighted by Crippen LogP contribution is -2.74. The molecule has 60 heteroatoms. The first-order valence-electron chi connectivity index (χ1n) is 21.8. The van der Waals surface area contributed by atoms with E-state index in [9.17, 15) is 227 Å². The topological polar surface area (TPSA) is 130 Å². The highest BCUT2D eigenvalue weighted by atomic mass is 32.2. The average Bonchev–Trinajstić information content (AvgIpc) is 0.712. The molecular formula is C37H14F48O9S3. The molecule has 0 unspecified atom stereocenters. The fraction of sp³-hybridized carbons (Fsp3) is 0.730. The van der Waals surface area contributed by atoms with E-state index in [2.05, 4.69) is 12.5 Å². The molecule has 0 fully saturated rings. The van der Waals surface area contributed by atoms with E-state index in [-0.39, 0.29) is 18.2 Å². The third-order valence-corrected chi connectivity index (χ3v) is 16.3. The van der Waals surface area contributed by atoms with E-state index in [4.69, 9.17) is 0 Å². The summed E-state index contributed by atoms with van der Waals surface area (Å²) in [5.41, 5.74) is 0. The lowest BCUT2D eigenvalue weighted by molar-refractivity contribution is -0.447. The summed E-state index contributed by atoms with van der Waals surface area (Å²) in [6.07, 6.45) is -19.5. The third kappa shape index (κ3) is 12.4. The van der Waals surface area contributed by atoms with Gasteiger partial charge in [0.2, 0.25) is 0 Å². The number of benzene rings is 2. The summed E-state index contributed by atoms with van der Waals surface area (Å²) >= 11 is 0. The summed E-state index contributed by atoms with van der Waals surface area (Å²) < 4.78 is 761. The van der Waals surface area contributed by atoms with Crippen molar-refractivity contribution in [2.24, 2.45) is 0 Å². The van der Waals surface area contributed by atoms with E-state index < -0.39 is 231 Å². The van der Waals surface area contributed by atoms with E-state index in [0.29, 0.717) is 0 Å². The van der Waals surface area contributed by atoms with Crippen LogP contribution in [0.3, 0.4) is 0 Å². The minimum atomic E-state index is -9.54. The molecule has 0 N–H and O–H groups in total. The molecule has 0 saturated carbocycles. The van der Waals surface area contributed by atoms with Crippen LogP contribution in [0.1, 0.15) is 0 Å². The zero-order chi connectivity index (χ0) is 78.4. The smallest absolute Gasteiger partial charge is 0.260 e. The van der Waals surface area contributed by atoms with Gasteiger partial charge in [-0.1, -0.05) is 24.3 Å². The second-order valence-corrected chi connectivity index (χ2v) is 23.1. The van der Waals surface area contributed by atoms with Crippen molar-refractivity contribution in [3.63, 3.8) is 0 Å². The first kappa shape index (κ1) is 88.2. The molecule has 0 spiro atoms. The minimum Gasteiger partial charge on any atom is -0.260 e. The Morgan fingerprint density at radius 2 is 0.464 bits per heavy atom. The SMILES string of the molecule is O=S(=O)(OCC(F)(F)C(F)(F)C(F)(F)C(F)(F)C(F)(F)C(F)(F)C(F)(F)C(F)F)c1cc2ccccc2c(S(=O)(=O)OCC(F)(F)C(F)(F)C(F)(F)C(F)(F)C(F)(F)C(F)(F)C(F)(F)C(F)F)c1S(=O)(=O)OCC(F)(F)C(F)(F)C(F)(F)C(F)(F)C(F)(F)C(F)(F)C(F)(F)C(F)F. The minimum absolute atomic E-state index is 0.0228. The molecule has 2 aromatic rings. The van der Waals surface area contributed by atoms with Gasteiger partial charge in [0.1, 0.15) is 34.5 Å². The molecule has 2 aromatic carbocycles. The second-order valence-electron chi connectivity index (χ2n) is 18.4. The molecule has 0 radical (unpaired) electrons. The van der Waals surface area contributed by atoms with Crippen LogP contribution < -0.4 is 0 Å². The predicted molar refractivity (Wildman–Crippen MR) is 205 cm³/mol. The Labute approximate surface area is 498 Å². The van der Waals surface area contributed by atoms with Crippen molar-refractivity contribution < 1.29 is 249 Å². The number of rotatable bonds is 33. The van der Waals surface area contributed by atoms with Crippen LogP contribution in [-0.4, -0.2) is 189 Å². The van der Waals surface area contributed by atoms with Crippen LogP contribution in [0.2, 0.25) is 0 Å². The number of halogens is 48. The van der Waals surface area contributed by atoms with Crippen molar-refractivity contribution in [1.82, 2.24) is 0 Å². The van der Waals surface area contributed by atoms with Crippen LogP contribution in [0, 0.1) is 0 Å². The van der Waals surface area contributed by atoms with Gasteiger partial charge in [-0.05, 0) is 11.5 Å². The van der Waals surface area contributed by atoms with Crippen molar-refractivity contribution in [3.05, 3.63) is 30.3 Å². The highest BCUT2D eigenvalue weighted by Crippen LogP contribution is 2.67. The lowest BCUT2D eigenvalue weighted by Gasteiger charge is -2.42. The van der Waals surface area contributed by atoms with Crippen molar-refractivity contribution in [3.8, 4) is 0 Å². The van der Waals surface area contributed by atoms with Crippen molar-refractivity contribution in [2.75, 3.05) is 19.8 Å². The average molecular weight is 1610 g/mol. The largest absolute Gasteiger partial charge is 0.384 e. The Hall–Kier alpha value is -4.93. The van der Waals surface area contributed by atoms with Gasteiger partial charge >= 0.3 is 144 Å². The van der Waals surface area contributed by atoms with Gasteiger partial charge in [-0.3, -0.25) is 12.5 Å². The van der Waals surface area contributed by atoms with Gasteiger partial charge in [0.05, 0.1) is 0 Å². The van der Waals surface area contributed by atoms with Crippen LogP contribution in [-0.2, 0) is 42.9 Å². The fourth-order valence-corrected chi connectivity index (χ4v) is 10.9. The normalized spacial score (nSPS) is 16.4. The molecule has 0 amide bonds. The molecule has 0 aliphatic carbocycles. The monoisotopic (exact) mass is 1610 g/mol. The quantitative estimate of drug-likeness (QED) is 0.0506. The van der Waals surface area contributed by atoms with Gasteiger partial charge in [0.25, 0.3) is 30.4 Å². The Bertz CT molecular complexity index is 3560. The summed E-state index contributed by atoms with van der Waals surface area (Å²) in [5.74, 6) is -189. The highest BCUT2D eigenvalue weighted by molar-refractivity contribution is 7.91. The van der Waals surface area contributed by atoms with Crippen molar-refractivity contribution in [1.29, 1.82) is 0 Å².